The van der Waals surface area contributed by atoms with E-state index < -0.39 is 9.84 Å². The van der Waals surface area contributed by atoms with Gasteiger partial charge in [-0.1, -0.05) is 26.2 Å². The van der Waals surface area contributed by atoms with Crippen molar-refractivity contribution in [1.82, 2.24) is 0 Å². The molecule has 0 amide bonds. The van der Waals surface area contributed by atoms with Gasteiger partial charge in [0.2, 0.25) is 0 Å². The molecule has 1 aliphatic carbocycles. The van der Waals surface area contributed by atoms with Gasteiger partial charge in [-0.25, -0.2) is 8.42 Å². The third-order valence-electron chi connectivity index (χ3n) is 3.26. The Morgan fingerprint density at radius 2 is 1.93 bits per heavy atom. The quantitative estimate of drug-likeness (QED) is 0.742. The van der Waals surface area contributed by atoms with Crippen molar-refractivity contribution in [3.63, 3.8) is 0 Å². The lowest BCUT2D eigenvalue weighted by atomic mass is 9.81. The summed E-state index contributed by atoms with van der Waals surface area (Å²) in [5, 5.41) is 9.02. The van der Waals surface area contributed by atoms with Gasteiger partial charge in [0.05, 0.1) is 17.7 Å². The Labute approximate surface area is 92.4 Å². The van der Waals surface area contributed by atoms with E-state index >= 15 is 0 Å². The topological polar surface area (TPSA) is 57.9 Å². The number of rotatable bonds is 4. The molecule has 1 rings (SSSR count). The SMILES string of the molecule is CCS(=O)(=O)C[C@H](C#N)C1CCCCC1. The Hall–Kier alpha value is -0.560. The highest BCUT2D eigenvalue weighted by atomic mass is 32.2. The Kier molecular flexibility index (Phi) is 4.59. The maximum atomic E-state index is 11.5. The number of sulfone groups is 1. The highest BCUT2D eigenvalue weighted by Crippen LogP contribution is 2.30. The van der Waals surface area contributed by atoms with E-state index in [0.717, 1.165) is 25.7 Å². The van der Waals surface area contributed by atoms with Gasteiger partial charge in [-0.2, -0.15) is 5.26 Å². The Bertz CT molecular complexity index is 323. The normalized spacial score (nSPS) is 20.8. The lowest BCUT2D eigenvalue weighted by Gasteiger charge is -2.25. The Morgan fingerprint density at radius 3 is 2.40 bits per heavy atom. The summed E-state index contributed by atoms with van der Waals surface area (Å²) in [7, 11) is -3.00. The second kappa shape index (κ2) is 5.50. The predicted octanol–water partition coefficient (Wildman–Crippen LogP) is 2.14. The van der Waals surface area contributed by atoms with Crippen LogP contribution < -0.4 is 0 Å². The molecule has 3 nitrogen and oxygen atoms in total. The van der Waals surface area contributed by atoms with Gasteiger partial charge in [0.1, 0.15) is 0 Å². The van der Waals surface area contributed by atoms with Crippen LogP contribution in [0.4, 0.5) is 0 Å². The van der Waals surface area contributed by atoms with E-state index in [1.165, 1.54) is 6.42 Å². The zero-order chi connectivity index (χ0) is 11.3. The summed E-state index contributed by atoms with van der Waals surface area (Å²) in [6, 6.07) is 2.18. The molecule has 0 aromatic rings. The molecule has 0 unspecified atom stereocenters. The Balaban J connectivity index is 2.60. The molecule has 0 saturated heterocycles. The van der Waals surface area contributed by atoms with Gasteiger partial charge in [0.15, 0.2) is 9.84 Å². The van der Waals surface area contributed by atoms with Gasteiger partial charge in [-0.3, -0.25) is 0 Å². The molecule has 15 heavy (non-hydrogen) atoms. The fourth-order valence-corrected chi connectivity index (χ4v) is 3.34. The molecule has 0 N–H and O–H groups in total. The first-order chi connectivity index (χ1) is 7.09. The summed E-state index contributed by atoms with van der Waals surface area (Å²) < 4.78 is 22.9. The summed E-state index contributed by atoms with van der Waals surface area (Å²) in [6.45, 7) is 1.64. The van der Waals surface area contributed by atoms with Gasteiger partial charge in [-0.05, 0) is 18.8 Å². The van der Waals surface area contributed by atoms with E-state index in [1.807, 2.05) is 0 Å². The minimum Gasteiger partial charge on any atom is -0.229 e. The van der Waals surface area contributed by atoms with E-state index in [1.54, 1.807) is 6.92 Å². The van der Waals surface area contributed by atoms with Crippen LogP contribution in [0.1, 0.15) is 39.0 Å². The first kappa shape index (κ1) is 12.5. The van der Waals surface area contributed by atoms with Crippen LogP contribution in [0.5, 0.6) is 0 Å². The van der Waals surface area contributed by atoms with Crippen molar-refractivity contribution in [3.05, 3.63) is 0 Å². The fourth-order valence-electron chi connectivity index (χ4n) is 2.21. The van der Waals surface area contributed by atoms with E-state index in [2.05, 4.69) is 6.07 Å². The molecule has 4 heteroatoms. The van der Waals surface area contributed by atoms with Crippen LogP contribution >= 0.6 is 0 Å². The van der Waals surface area contributed by atoms with Crippen LogP contribution in [0.25, 0.3) is 0 Å². The second-order valence-electron chi connectivity index (χ2n) is 4.33. The van der Waals surface area contributed by atoms with E-state index in [-0.39, 0.29) is 17.4 Å². The molecule has 0 spiro atoms. The minimum atomic E-state index is -3.00. The molecule has 1 saturated carbocycles. The lowest BCUT2D eigenvalue weighted by Crippen LogP contribution is -2.25. The summed E-state index contributed by atoms with van der Waals surface area (Å²) in [5.41, 5.74) is 0. The van der Waals surface area contributed by atoms with Gasteiger partial charge in [-0.15, -0.1) is 0 Å². The zero-order valence-corrected chi connectivity index (χ0v) is 10.1. The highest BCUT2D eigenvalue weighted by Gasteiger charge is 2.27. The van der Waals surface area contributed by atoms with Crippen molar-refractivity contribution >= 4 is 9.84 Å². The first-order valence-electron chi connectivity index (χ1n) is 5.69. The van der Waals surface area contributed by atoms with Crippen molar-refractivity contribution in [2.75, 3.05) is 11.5 Å². The molecule has 0 heterocycles. The van der Waals surface area contributed by atoms with Crippen LogP contribution in [0.2, 0.25) is 0 Å². The van der Waals surface area contributed by atoms with Crippen LogP contribution in [-0.4, -0.2) is 19.9 Å². The van der Waals surface area contributed by atoms with Gasteiger partial charge in [0, 0.05) is 5.75 Å². The summed E-state index contributed by atoms with van der Waals surface area (Å²) in [6.07, 6.45) is 5.58. The fraction of sp³-hybridized carbons (Fsp3) is 0.909. The average molecular weight is 229 g/mol. The van der Waals surface area contributed by atoms with E-state index in [0.29, 0.717) is 5.92 Å². The smallest absolute Gasteiger partial charge is 0.151 e. The molecule has 1 aliphatic rings. The molecular weight excluding hydrogens is 210 g/mol. The van der Waals surface area contributed by atoms with Crippen molar-refractivity contribution < 1.29 is 8.42 Å². The molecule has 86 valence electrons. The molecule has 0 aromatic heterocycles. The summed E-state index contributed by atoms with van der Waals surface area (Å²) in [5.74, 6) is 0.239. The molecule has 0 aliphatic heterocycles. The molecular formula is C11H19NO2S. The predicted molar refractivity (Wildman–Crippen MR) is 60.0 cm³/mol. The first-order valence-corrected chi connectivity index (χ1v) is 7.51. The Morgan fingerprint density at radius 1 is 1.33 bits per heavy atom. The number of nitriles is 1. The highest BCUT2D eigenvalue weighted by molar-refractivity contribution is 7.91. The van der Waals surface area contributed by atoms with Crippen LogP contribution in [-0.2, 0) is 9.84 Å². The molecule has 0 bridgehead atoms. The number of nitrogens with zero attached hydrogens (tertiary/aromatic N) is 1. The summed E-state index contributed by atoms with van der Waals surface area (Å²) in [4.78, 5) is 0. The van der Waals surface area contributed by atoms with Crippen LogP contribution in [0.15, 0.2) is 0 Å². The monoisotopic (exact) mass is 229 g/mol. The average Bonchev–Trinajstić information content (AvgIpc) is 2.27. The molecule has 1 atom stereocenters. The molecule has 0 radical (unpaired) electrons. The largest absolute Gasteiger partial charge is 0.229 e. The summed E-state index contributed by atoms with van der Waals surface area (Å²) >= 11 is 0. The number of hydrogen-bond acceptors (Lipinski definition) is 3. The van der Waals surface area contributed by atoms with Crippen molar-refractivity contribution in [3.8, 4) is 6.07 Å². The molecule has 1 fully saturated rings. The number of hydrogen-bond donors (Lipinski definition) is 0. The van der Waals surface area contributed by atoms with E-state index in [4.69, 9.17) is 5.26 Å². The standard InChI is InChI=1S/C11H19NO2S/c1-2-15(13,14)9-11(8-12)10-6-4-3-5-7-10/h10-11H,2-7,9H2,1H3/t11-/m0/s1. The lowest BCUT2D eigenvalue weighted by molar-refractivity contribution is 0.305. The van der Waals surface area contributed by atoms with Crippen molar-refractivity contribution in [2.24, 2.45) is 11.8 Å². The maximum Gasteiger partial charge on any atom is 0.151 e. The van der Waals surface area contributed by atoms with Crippen LogP contribution in [0.3, 0.4) is 0 Å². The van der Waals surface area contributed by atoms with E-state index in [9.17, 15) is 8.42 Å². The maximum absolute atomic E-state index is 11.5. The van der Waals surface area contributed by atoms with Crippen molar-refractivity contribution in [2.45, 2.75) is 39.0 Å². The third-order valence-corrected chi connectivity index (χ3v) is 5.00. The van der Waals surface area contributed by atoms with Crippen molar-refractivity contribution in [1.29, 1.82) is 5.26 Å². The van der Waals surface area contributed by atoms with Gasteiger partial charge >= 0.3 is 0 Å². The zero-order valence-electron chi connectivity index (χ0n) is 9.28. The van der Waals surface area contributed by atoms with Crippen LogP contribution in [0, 0.1) is 23.2 Å². The second-order valence-corrected chi connectivity index (χ2v) is 6.73. The van der Waals surface area contributed by atoms with Gasteiger partial charge < -0.3 is 0 Å². The minimum absolute atomic E-state index is 0.0602. The third kappa shape index (κ3) is 3.83. The van der Waals surface area contributed by atoms with Gasteiger partial charge in [0.25, 0.3) is 0 Å². The molecule has 0 aromatic carbocycles.